The number of aromatic nitrogens is 3. The van der Waals surface area contributed by atoms with Gasteiger partial charge in [-0.05, 0) is 55.8 Å². The molecule has 0 spiro atoms. The Morgan fingerprint density at radius 3 is 2.74 bits per heavy atom. The second-order valence-electron chi connectivity index (χ2n) is 8.83. The van der Waals surface area contributed by atoms with E-state index in [1.165, 1.54) is 0 Å². The fraction of sp³-hybridized carbons (Fsp3) is 0.308. The molecule has 3 aromatic rings. The zero-order valence-electron chi connectivity index (χ0n) is 20.0. The first-order valence-electron chi connectivity index (χ1n) is 11.8. The van der Waals surface area contributed by atoms with Gasteiger partial charge in [-0.15, -0.1) is 0 Å². The summed E-state index contributed by atoms with van der Waals surface area (Å²) in [6.45, 7) is 7.71. The highest BCUT2D eigenvalue weighted by atomic mass is 16.3. The van der Waals surface area contributed by atoms with Gasteiger partial charge >= 0.3 is 0 Å². The largest absolute Gasteiger partial charge is 0.393 e. The van der Waals surface area contributed by atoms with Gasteiger partial charge in [0.05, 0.1) is 35.6 Å². The van der Waals surface area contributed by atoms with E-state index in [1.807, 2.05) is 55.1 Å². The Kier molecular flexibility index (Phi) is 6.08. The van der Waals surface area contributed by atoms with Crippen LogP contribution in [0.15, 0.2) is 47.9 Å². The van der Waals surface area contributed by atoms with Crippen LogP contribution in [0.2, 0.25) is 0 Å². The fourth-order valence-corrected chi connectivity index (χ4v) is 4.83. The number of imidazole rings is 1. The zero-order valence-corrected chi connectivity index (χ0v) is 20.0. The van der Waals surface area contributed by atoms with Crippen LogP contribution in [-0.2, 0) is 13.6 Å². The SMILES string of the molecule is C=Nc1c(/C(=C\C)c2ccc(Nc3ccc(N4CCC(O)CC4)cn3)c3c2CNC3=O)ncn1C. The normalized spacial score (nSPS) is 16.3. The molecule has 0 aliphatic carbocycles. The van der Waals surface area contributed by atoms with E-state index in [0.29, 0.717) is 29.4 Å². The van der Waals surface area contributed by atoms with Gasteiger partial charge in [-0.3, -0.25) is 4.79 Å². The minimum Gasteiger partial charge on any atom is -0.393 e. The maximum atomic E-state index is 12.8. The van der Waals surface area contributed by atoms with Gasteiger partial charge in [-0.25, -0.2) is 15.0 Å². The number of rotatable bonds is 6. The van der Waals surface area contributed by atoms with Gasteiger partial charge in [0.1, 0.15) is 11.5 Å². The third-order valence-electron chi connectivity index (χ3n) is 6.70. The summed E-state index contributed by atoms with van der Waals surface area (Å²) < 4.78 is 1.83. The van der Waals surface area contributed by atoms with Crippen LogP contribution < -0.4 is 15.5 Å². The molecule has 3 N–H and O–H groups in total. The van der Waals surface area contributed by atoms with Crippen molar-refractivity contribution in [3.8, 4) is 0 Å². The predicted octanol–water partition coefficient (Wildman–Crippen LogP) is 3.55. The Bertz CT molecular complexity index is 1300. The van der Waals surface area contributed by atoms with Crippen molar-refractivity contribution in [3.63, 3.8) is 0 Å². The van der Waals surface area contributed by atoms with Gasteiger partial charge < -0.3 is 25.2 Å². The lowest BCUT2D eigenvalue weighted by atomic mass is 9.93. The first kappa shape index (κ1) is 22.8. The third-order valence-corrected chi connectivity index (χ3v) is 6.70. The van der Waals surface area contributed by atoms with Crippen LogP contribution in [0.25, 0.3) is 5.57 Å². The molecular weight excluding hydrogens is 442 g/mol. The first-order chi connectivity index (χ1) is 17.0. The molecule has 1 aromatic carbocycles. The smallest absolute Gasteiger partial charge is 0.254 e. The van der Waals surface area contributed by atoms with E-state index in [0.717, 1.165) is 54.0 Å². The number of nitrogens with one attached hydrogen (secondary N) is 2. The number of aliphatic hydroxyl groups is 1. The average molecular weight is 472 g/mol. The summed E-state index contributed by atoms with van der Waals surface area (Å²) in [7, 11) is 1.88. The van der Waals surface area contributed by atoms with Crippen LogP contribution in [-0.4, -0.2) is 51.5 Å². The number of hydrogen-bond acceptors (Lipinski definition) is 7. The predicted molar refractivity (Wildman–Crippen MR) is 138 cm³/mol. The molecule has 1 fully saturated rings. The Labute approximate surface area is 204 Å². The van der Waals surface area contributed by atoms with Gasteiger partial charge in [0.25, 0.3) is 5.91 Å². The number of carbonyl (C=O) groups is 1. The topological polar surface area (TPSA) is 108 Å². The number of piperidine rings is 1. The molecule has 35 heavy (non-hydrogen) atoms. The minimum atomic E-state index is -0.211. The molecule has 9 heteroatoms. The Balaban J connectivity index is 1.44. The van der Waals surface area contributed by atoms with Crippen molar-refractivity contribution in [1.29, 1.82) is 0 Å². The number of aliphatic hydroxyl groups excluding tert-OH is 1. The molecule has 0 radical (unpaired) electrons. The Hall–Kier alpha value is -3.98. The van der Waals surface area contributed by atoms with Crippen molar-refractivity contribution < 1.29 is 9.90 Å². The number of carbonyl (C=O) groups excluding carboxylic acids is 1. The van der Waals surface area contributed by atoms with E-state index in [1.54, 1.807) is 6.33 Å². The van der Waals surface area contributed by atoms with Crippen LogP contribution in [0.4, 0.5) is 23.0 Å². The average Bonchev–Trinajstić information content (AvgIpc) is 3.44. The maximum absolute atomic E-state index is 12.8. The molecule has 0 bridgehead atoms. The van der Waals surface area contributed by atoms with Gasteiger partial charge in [-0.2, -0.15) is 0 Å². The highest BCUT2D eigenvalue weighted by Crippen LogP contribution is 2.37. The number of aryl methyl sites for hydroxylation is 1. The zero-order chi connectivity index (χ0) is 24.5. The summed E-state index contributed by atoms with van der Waals surface area (Å²) >= 11 is 0. The van der Waals surface area contributed by atoms with Crippen LogP contribution in [0.1, 0.15) is 46.9 Å². The molecule has 0 unspecified atom stereocenters. The van der Waals surface area contributed by atoms with Gasteiger partial charge in [0.15, 0.2) is 5.82 Å². The third kappa shape index (κ3) is 4.19. The van der Waals surface area contributed by atoms with Gasteiger partial charge in [-0.1, -0.05) is 12.1 Å². The summed E-state index contributed by atoms with van der Waals surface area (Å²) in [4.78, 5) is 28.3. The lowest BCUT2D eigenvalue weighted by Crippen LogP contribution is -2.35. The molecule has 1 amide bonds. The summed E-state index contributed by atoms with van der Waals surface area (Å²) in [6.07, 6.45) is 6.86. The lowest BCUT2D eigenvalue weighted by molar-refractivity contribution is 0.0966. The van der Waals surface area contributed by atoms with Crippen LogP contribution in [0.3, 0.4) is 0 Å². The highest BCUT2D eigenvalue weighted by molar-refractivity contribution is 6.06. The molecule has 0 atom stereocenters. The summed E-state index contributed by atoms with van der Waals surface area (Å²) in [6, 6.07) is 7.85. The van der Waals surface area contributed by atoms with E-state index in [4.69, 9.17) is 0 Å². The van der Waals surface area contributed by atoms with E-state index >= 15 is 0 Å². The van der Waals surface area contributed by atoms with Crippen molar-refractivity contribution in [2.24, 2.45) is 12.0 Å². The van der Waals surface area contributed by atoms with Crippen LogP contribution in [0.5, 0.6) is 0 Å². The molecule has 1 saturated heterocycles. The van der Waals surface area contributed by atoms with Crippen LogP contribution in [0, 0.1) is 0 Å². The summed E-state index contributed by atoms with van der Waals surface area (Å²) in [5.41, 5.74) is 5.83. The van der Waals surface area contributed by atoms with E-state index < -0.39 is 0 Å². The number of hydrogen-bond donors (Lipinski definition) is 3. The number of nitrogens with zero attached hydrogens (tertiary/aromatic N) is 5. The summed E-state index contributed by atoms with van der Waals surface area (Å²) in [5, 5.41) is 16.0. The Morgan fingerprint density at radius 1 is 1.26 bits per heavy atom. The minimum absolute atomic E-state index is 0.119. The van der Waals surface area contributed by atoms with E-state index in [2.05, 4.69) is 37.2 Å². The second kappa shape index (κ2) is 9.34. The molecular formula is C26H29N7O2. The number of amides is 1. The summed E-state index contributed by atoms with van der Waals surface area (Å²) in [5.74, 6) is 1.22. The number of fused-ring (bicyclic) bond motifs is 1. The Morgan fingerprint density at radius 2 is 2.06 bits per heavy atom. The molecule has 9 nitrogen and oxygen atoms in total. The molecule has 4 heterocycles. The molecule has 0 saturated carbocycles. The van der Waals surface area contributed by atoms with Crippen molar-refractivity contribution in [2.45, 2.75) is 32.4 Å². The standard InChI is InChI=1S/C26H29N7O2/c1-4-18(24-25(27-2)32(3)15-30-24)19-6-7-21(23-20(19)14-29-26(23)35)31-22-8-5-16(13-28-22)33-11-9-17(34)10-12-33/h4-8,13,15,17,34H,2,9-12,14H2,1,3H3,(H,28,31)(H,29,35)/b18-4-. The van der Waals surface area contributed by atoms with Crippen molar-refractivity contribution in [1.82, 2.24) is 19.9 Å². The van der Waals surface area contributed by atoms with Crippen molar-refractivity contribution in [3.05, 3.63) is 65.2 Å². The fourth-order valence-electron chi connectivity index (χ4n) is 4.83. The molecule has 2 aliphatic heterocycles. The number of pyridine rings is 1. The van der Waals surface area contributed by atoms with Gasteiger partial charge in [0.2, 0.25) is 0 Å². The monoisotopic (exact) mass is 471 g/mol. The van der Waals surface area contributed by atoms with Crippen LogP contribution >= 0.6 is 0 Å². The number of anilines is 3. The van der Waals surface area contributed by atoms with Gasteiger partial charge in [0, 0.05) is 32.3 Å². The maximum Gasteiger partial charge on any atom is 0.254 e. The quantitative estimate of drug-likeness (QED) is 0.475. The molecule has 2 aliphatic rings. The molecule has 180 valence electrons. The van der Waals surface area contributed by atoms with E-state index in [-0.39, 0.29) is 12.0 Å². The lowest BCUT2D eigenvalue weighted by Gasteiger charge is -2.31. The van der Waals surface area contributed by atoms with Crippen molar-refractivity contribution >= 4 is 41.2 Å². The highest BCUT2D eigenvalue weighted by Gasteiger charge is 2.28. The molecule has 2 aromatic heterocycles. The second-order valence-corrected chi connectivity index (χ2v) is 8.83. The number of aliphatic imine (C=N–C) groups is 1. The number of allylic oxidation sites excluding steroid dienone is 1. The number of benzene rings is 1. The first-order valence-corrected chi connectivity index (χ1v) is 11.8. The van der Waals surface area contributed by atoms with E-state index in [9.17, 15) is 9.90 Å². The van der Waals surface area contributed by atoms with Crippen molar-refractivity contribution in [2.75, 3.05) is 23.3 Å². The molecule has 5 rings (SSSR count).